The molecule has 2 aromatic rings. The Kier molecular flexibility index (Phi) is 6.05. The number of sulfonamides is 1. The first-order valence-electron chi connectivity index (χ1n) is 13.0. The van der Waals surface area contributed by atoms with Gasteiger partial charge in [0, 0.05) is 25.1 Å². The summed E-state index contributed by atoms with van der Waals surface area (Å²) in [5.74, 6) is 1.12. The monoisotopic (exact) mass is 524 g/mol. The summed E-state index contributed by atoms with van der Waals surface area (Å²) in [5, 5.41) is 10.3. The minimum atomic E-state index is -3.74. The standard InChI is InChI=1S/C28H32N2O6S/c1-35-22-10-9-19-18-29(16-13-28-12-11-20(31)17-24(28)36-26(22)25(19)28)14-5-2-6-15-30-27(32)21-7-3-4-8-23(21)37(30,33)34/h3-4,7-12,20,24,31H,2,5-6,13-18H2,1H3/t20-,24+,28?/m0/s1. The van der Waals surface area contributed by atoms with Gasteiger partial charge >= 0.3 is 0 Å². The second-order valence-corrected chi connectivity index (χ2v) is 12.2. The van der Waals surface area contributed by atoms with Crippen LogP contribution in [0.3, 0.4) is 0 Å². The summed E-state index contributed by atoms with van der Waals surface area (Å²) in [5.41, 5.74) is 2.43. The molecule has 0 bridgehead atoms. The molecule has 8 nitrogen and oxygen atoms in total. The van der Waals surface area contributed by atoms with Gasteiger partial charge < -0.3 is 14.6 Å². The quantitative estimate of drug-likeness (QED) is 0.439. The van der Waals surface area contributed by atoms with Gasteiger partial charge in [-0.15, -0.1) is 0 Å². The van der Waals surface area contributed by atoms with Crippen LogP contribution in [0.15, 0.2) is 53.4 Å². The van der Waals surface area contributed by atoms with Gasteiger partial charge in [-0.25, -0.2) is 12.7 Å². The van der Waals surface area contributed by atoms with E-state index in [0.29, 0.717) is 12.8 Å². The van der Waals surface area contributed by atoms with Gasteiger partial charge in [-0.2, -0.15) is 0 Å². The molecule has 3 aliphatic heterocycles. The molecule has 1 amide bonds. The molecular weight excluding hydrogens is 492 g/mol. The number of carbonyl (C=O) groups is 1. The van der Waals surface area contributed by atoms with E-state index in [1.165, 1.54) is 17.2 Å². The van der Waals surface area contributed by atoms with Gasteiger partial charge in [0.1, 0.15) is 11.0 Å². The Morgan fingerprint density at radius 2 is 1.95 bits per heavy atom. The Labute approximate surface area is 217 Å². The number of nitrogens with zero attached hydrogens (tertiary/aromatic N) is 2. The van der Waals surface area contributed by atoms with E-state index < -0.39 is 22.0 Å². The van der Waals surface area contributed by atoms with Crippen LogP contribution >= 0.6 is 0 Å². The topological polar surface area (TPSA) is 96.4 Å². The van der Waals surface area contributed by atoms with E-state index in [1.54, 1.807) is 25.3 Å². The van der Waals surface area contributed by atoms with E-state index in [9.17, 15) is 18.3 Å². The molecule has 2 aromatic carbocycles. The first-order valence-corrected chi connectivity index (χ1v) is 14.4. The molecule has 1 spiro atoms. The SMILES string of the molecule is COc1ccc2c3c1O[C@@H]1C[C@@H](O)C=CC31CCN(CCCCCN1C(=O)c3ccccc3S1(=O)=O)C2. The number of ether oxygens (including phenoxy) is 2. The Balaban J connectivity index is 1.10. The van der Waals surface area contributed by atoms with Crippen molar-refractivity contribution in [3.63, 3.8) is 0 Å². The lowest BCUT2D eigenvalue weighted by atomic mass is 9.69. The number of hydrogen-bond acceptors (Lipinski definition) is 7. The van der Waals surface area contributed by atoms with E-state index in [4.69, 9.17) is 9.47 Å². The Morgan fingerprint density at radius 3 is 2.76 bits per heavy atom. The summed E-state index contributed by atoms with van der Waals surface area (Å²) in [6.07, 6.45) is 7.27. The van der Waals surface area contributed by atoms with Crippen molar-refractivity contribution in [2.75, 3.05) is 26.7 Å². The number of aliphatic hydroxyl groups is 1. The van der Waals surface area contributed by atoms with Crippen LogP contribution in [0, 0.1) is 0 Å². The van der Waals surface area contributed by atoms with Crippen molar-refractivity contribution in [1.29, 1.82) is 0 Å². The maximum atomic E-state index is 12.8. The zero-order chi connectivity index (χ0) is 25.8. The van der Waals surface area contributed by atoms with E-state index >= 15 is 0 Å². The third kappa shape index (κ3) is 3.86. The normalized spacial score (nSPS) is 27.3. The number of hydrogen-bond donors (Lipinski definition) is 1. The van der Waals surface area contributed by atoms with Gasteiger partial charge in [0.15, 0.2) is 11.5 Å². The molecule has 1 N–H and O–H groups in total. The molecule has 196 valence electrons. The van der Waals surface area contributed by atoms with Crippen LogP contribution in [0.1, 0.15) is 53.6 Å². The maximum Gasteiger partial charge on any atom is 0.269 e. The third-order valence-electron chi connectivity index (χ3n) is 8.28. The zero-order valence-corrected chi connectivity index (χ0v) is 21.7. The molecule has 1 aliphatic carbocycles. The largest absolute Gasteiger partial charge is 0.493 e. The van der Waals surface area contributed by atoms with E-state index in [1.807, 2.05) is 12.1 Å². The van der Waals surface area contributed by atoms with Crippen LogP contribution in [-0.2, 0) is 22.0 Å². The van der Waals surface area contributed by atoms with Crippen LogP contribution in [0.2, 0.25) is 0 Å². The second-order valence-electron chi connectivity index (χ2n) is 10.4. The van der Waals surface area contributed by atoms with Gasteiger partial charge in [-0.1, -0.05) is 36.8 Å². The fraction of sp³-hybridized carbons (Fsp3) is 0.464. The number of fused-ring (bicyclic) bond motifs is 1. The van der Waals surface area contributed by atoms with Crippen LogP contribution in [-0.4, -0.2) is 67.6 Å². The lowest BCUT2D eigenvalue weighted by Crippen LogP contribution is -2.43. The first kappa shape index (κ1) is 24.5. The fourth-order valence-corrected chi connectivity index (χ4v) is 8.01. The average Bonchev–Trinajstić information content (AvgIpc) is 3.24. The molecule has 4 aliphatic rings. The van der Waals surface area contributed by atoms with Crippen LogP contribution in [0.4, 0.5) is 0 Å². The molecule has 0 saturated heterocycles. The fourth-order valence-electron chi connectivity index (χ4n) is 6.41. The molecule has 0 aromatic heterocycles. The lowest BCUT2D eigenvalue weighted by molar-refractivity contribution is 0.0807. The van der Waals surface area contributed by atoms with Crippen molar-refractivity contribution in [3.05, 3.63) is 65.2 Å². The van der Waals surface area contributed by atoms with Crippen molar-refractivity contribution >= 4 is 15.9 Å². The van der Waals surface area contributed by atoms with Crippen molar-refractivity contribution in [1.82, 2.24) is 9.21 Å². The van der Waals surface area contributed by atoms with Crippen LogP contribution in [0.25, 0.3) is 0 Å². The minimum absolute atomic E-state index is 0.110. The second kappa shape index (κ2) is 9.15. The Morgan fingerprint density at radius 1 is 1.14 bits per heavy atom. The van der Waals surface area contributed by atoms with Crippen LogP contribution in [0.5, 0.6) is 11.5 Å². The lowest BCUT2D eigenvalue weighted by Gasteiger charge is -2.36. The molecule has 0 saturated carbocycles. The van der Waals surface area contributed by atoms with Gasteiger partial charge in [0.2, 0.25) is 0 Å². The number of amides is 1. The highest BCUT2D eigenvalue weighted by molar-refractivity contribution is 7.90. The molecule has 3 heterocycles. The van der Waals surface area contributed by atoms with Crippen molar-refractivity contribution in [2.45, 2.75) is 61.2 Å². The number of methoxy groups -OCH3 is 1. The zero-order valence-electron chi connectivity index (χ0n) is 20.9. The smallest absolute Gasteiger partial charge is 0.269 e. The molecule has 6 rings (SSSR count). The molecule has 1 unspecified atom stereocenters. The number of benzene rings is 2. The van der Waals surface area contributed by atoms with E-state index in [0.717, 1.165) is 54.7 Å². The van der Waals surface area contributed by atoms with Crippen molar-refractivity contribution < 1.29 is 27.8 Å². The number of unbranched alkanes of at least 4 members (excludes halogenated alkanes) is 2. The summed E-state index contributed by atoms with van der Waals surface area (Å²) in [6, 6.07) is 10.5. The maximum absolute atomic E-state index is 12.8. The highest BCUT2D eigenvalue weighted by atomic mass is 32.2. The highest BCUT2D eigenvalue weighted by Gasteiger charge is 2.52. The molecule has 0 radical (unpaired) electrons. The van der Waals surface area contributed by atoms with Crippen molar-refractivity contribution in [2.24, 2.45) is 0 Å². The predicted molar refractivity (Wildman–Crippen MR) is 137 cm³/mol. The number of carbonyl (C=O) groups excluding carboxylic acids is 1. The summed E-state index contributed by atoms with van der Waals surface area (Å²) < 4.78 is 38.5. The van der Waals surface area contributed by atoms with Gasteiger partial charge in [-0.05, 0) is 56.1 Å². The predicted octanol–water partition coefficient (Wildman–Crippen LogP) is 3.24. The third-order valence-corrected chi connectivity index (χ3v) is 10.1. The van der Waals surface area contributed by atoms with E-state index in [-0.39, 0.29) is 28.5 Å². The Bertz CT molecular complexity index is 1370. The molecule has 0 fully saturated rings. The number of aliphatic hydroxyl groups excluding tert-OH is 1. The first-order chi connectivity index (χ1) is 17.8. The van der Waals surface area contributed by atoms with E-state index in [2.05, 4.69) is 17.0 Å². The number of rotatable bonds is 7. The molecule has 9 heteroatoms. The van der Waals surface area contributed by atoms with Gasteiger partial charge in [0.05, 0.1) is 24.2 Å². The Hall–Kier alpha value is -2.88. The summed E-state index contributed by atoms with van der Waals surface area (Å²) in [4.78, 5) is 15.2. The highest BCUT2D eigenvalue weighted by Crippen LogP contribution is 2.55. The molecular formula is C28H32N2O6S. The minimum Gasteiger partial charge on any atom is -0.493 e. The summed E-state index contributed by atoms with van der Waals surface area (Å²) in [7, 11) is -2.08. The summed E-state index contributed by atoms with van der Waals surface area (Å²) in [6.45, 7) is 2.78. The van der Waals surface area contributed by atoms with Crippen molar-refractivity contribution in [3.8, 4) is 11.5 Å². The molecule has 37 heavy (non-hydrogen) atoms. The van der Waals surface area contributed by atoms with Gasteiger partial charge in [0.25, 0.3) is 15.9 Å². The van der Waals surface area contributed by atoms with Crippen LogP contribution < -0.4 is 9.47 Å². The summed E-state index contributed by atoms with van der Waals surface area (Å²) >= 11 is 0. The molecule has 3 atom stereocenters. The average molecular weight is 525 g/mol. The van der Waals surface area contributed by atoms with Gasteiger partial charge in [-0.3, -0.25) is 9.69 Å².